The van der Waals surface area contributed by atoms with Crippen molar-refractivity contribution in [2.24, 2.45) is 10.2 Å². The first-order valence-corrected chi connectivity index (χ1v) is 6.54. The second kappa shape index (κ2) is 7.43. The van der Waals surface area contributed by atoms with E-state index < -0.39 is 5.97 Å². The molecule has 0 aliphatic carbocycles. The van der Waals surface area contributed by atoms with Gasteiger partial charge in [-0.25, -0.2) is 4.79 Å². The SMILES string of the molecule is CCOC(=O)/C(N=Nc1ccc(C(C)C)cc1)=C(\C)O. The molecule has 0 saturated heterocycles. The number of aliphatic hydroxyl groups excluding tert-OH is 1. The van der Waals surface area contributed by atoms with Crippen LogP contribution in [0.3, 0.4) is 0 Å². The van der Waals surface area contributed by atoms with Gasteiger partial charge in [0.1, 0.15) is 5.76 Å². The van der Waals surface area contributed by atoms with Gasteiger partial charge in [-0.15, -0.1) is 5.11 Å². The lowest BCUT2D eigenvalue weighted by Gasteiger charge is -2.04. The molecule has 20 heavy (non-hydrogen) atoms. The largest absolute Gasteiger partial charge is 0.510 e. The Morgan fingerprint density at radius 3 is 2.35 bits per heavy atom. The molecule has 0 heterocycles. The quantitative estimate of drug-likeness (QED) is 0.378. The second-order valence-electron chi connectivity index (χ2n) is 4.60. The fourth-order valence-electron chi connectivity index (χ4n) is 1.49. The molecular formula is C15H20N2O3. The summed E-state index contributed by atoms with van der Waals surface area (Å²) in [5.74, 6) is -0.461. The number of hydrogen-bond donors (Lipinski definition) is 1. The summed E-state index contributed by atoms with van der Waals surface area (Å²) in [7, 11) is 0. The Kier molecular flexibility index (Phi) is 5.90. The van der Waals surface area contributed by atoms with Gasteiger partial charge in [-0.05, 0) is 37.5 Å². The molecule has 5 nitrogen and oxygen atoms in total. The Morgan fingerprint density at radius 2 is 1.90 bits per heavy atom. The van der Waals surface area contributed by atoms with E-state index in [-0.39, 0.29) is 18.1 Å². The van der Waals surface area contributed by atoms with Gasteiger partial charge in [-0.1, -0.05) is 26.0 Å². The summed E-state index contributed by atoms with van der Waals surface area (Å²) in [5, 5.41) is 17.1. The summed E-state index contributed by atoms with van der Waals surface area (Å²) >= 11 is 0. The molecule has 0 aliphatic rings. The number of benzene rings is 1. The Bertz CT molecular complexity index is 512. The second-order valence-corrected chi connectivity index (χ2v) is 4.60. The van der Waals surface area contributed by atoms with Crippen LogP contribution in [0.1, 0.15) is 39.2 Å². The van der Waals surface area contributed by atoms with Crippen molar-refractivity contribution in [3.63, 3.8) is 0 Å². The first-order chi connectivity index (χ1) is 9.45. The zero-order chi connectivity index (χ0) is 15.1. The molecule has 0 aliphatic heterocycles. The van der Waals surface area contributed by atoms with Crippen LogP contribution < -0.4 is 0 Å². The zero-order valence-electron chi connectivity index (χ0n) is 12.3. The van der Waals surface area contributed by atoms with Crippen molar-refractivity contribution in [3.05, 3.63) is 41.3 Å². The number of allylic oxidation sites excluding steroid dienone is 1. The van der Waals surface area contributed by atoms with Crippen LogP contribution in [0.2, 0.25) is 0 Å². The molecule has 108 valence electrons. The molecular weight excluding hydrogens is 256 g/mol. The van der Waals surface area contributed by atoms with Gasteiger partial charge in [0.25, 0.3) is 0 Å². The van der Waals surface area contributed by atoms with Gasteiger partial charge >= 0.3 is 5.97 Å². The molecule has 0 amide bonds. The average Bonchev–Trinajstić information content (AvgIpc) is 2.39. The van der Waals surface area contributed by atoms with E-state index >= 15 is 0 Å². The molecule has 1 aromatic rings. The van der Waals surface area contributed by atoms with Gasteiger partial charge in [0, 0.05) is 0 Å². The van der Waals surface area contributed by atoms with Crippen molar-refractivity contribution >= 4 is 11.7 Å². The maximum absolute atomic E-state index is 11.6. The van der Waals surface area contributed by atoms with E-state index in [1.807, 2.05) is 24.3 Å². The molecule has 1 rings (SSSR count). The third-order valence-corrected chi connectivity index (χ3v) is 2.64. The first-order valence-electron chi connectivity index (χ1n) is 6.54. The maximum atomic E-state index is 11.6. The van der Waals surface area contributed by atoms with E-state index in [9.17, 15) is 9.90 Å². The Hall–Kier alpha value is -2.17. The molecule has 0 radical (unpaired) electrons. The van der Waals surface area contributed by atoms with E-state index in [0.717, 1.165) is 0 Å². The van der Waals surface area contributed by atoms with Crippen LogP contribution in [-0.4, -0.2) is 17.7 Å². The molecule has 0 saturated carbocycles. The van der Waals surface area contributed by atoms with Gasteiger partial charge in [0.2, 0.25) is 5.70 Å². The van der Waals surface area contributed by atoms with Crippen LogP contribution in [0.15, 0.2) is 46.0 Å². The van der Waals surface area contributed by atoms with Crippen molar-refractivity contribution in [2.45, 2.75) is 33.6 Å². The maximum Gasteiger partial charge on any atom is 0.362 e. The summed E-state index contributed by atoms with van der Waals surface area (Å²) in [6.07, 6.45) is 0. The van der Waals surface area contributed by atoms with Crippen molar-refractivity contribution in [1.29, 1.82) is 0 Å². The Labute approximate surface area is 119 Å². The summed E-state index contributed by atoms with van der Waals surface area (Å²) in [6.45, 7) is 7.48. The number of carbonyl (C=O) groups is 1. The third-order valence-electron chi connectivity index (χ3n) is 2.64. The molecule has 1 N–H and O–H groups in total. The van der Waals surface area contributed by atoms with Crippen molar-refractivity contribution < 1.29 is 14.6 Å². The van der Waals surface area contributed by atoms with Crippen molar-refractivity contribution in [2.75, 3.05) is 6.61 Å². The van der Waals surface area contributed by atoms with E-state index in [0.29, 0.717) is 11.6 Å². The van der Waals surface area contributed by atoms with E-state index in [1.165, 1.54) is 12.5 Å². The molecule has 0 unspecified atom stereocenters. The predicted molar refractivity (Wildman–Crippen MR) is 77.0 cm³/mol. The standard InChI is InChI=1S/C15H20N2O3/c1-5-20-15(19)14(11(4)18)17-16-13-8-6-12(7-9-13)10(2)3/h6-10,18H,5H2,1-4H3/b14-11-,17-16?. The average molecular weight is 276 g/mol. The first kappa shape index (κ1) is 15.9. The van der Waals surface area contributed by atoms with Crippen LogP contribution in [0.4, 0.5) is 5.69 Å². The van der Waals surface area contributed by atoms with Crippen molar-refractivity contribution in [3.8, 4) is 0 Å². The molecule has 0 spiro atoms. The summed E-state index contributed by atoms with van der Waals surface area (Å²) in [5.41, 5.74) is 1.63. The Morgan fingerprint density at radius 1 is 1.30 bits per heavy atom. The van der Waals surface area contributed by atoms with Gasteiger partial charge < -0.3 is 9.84 Å². The topological polar surface area (TPSA) is 71.2 Å². The predicted octanol–water partition coefficient (Wildman–Crippen LogP) is 4.25. The van der Waals surface area contributed by atoms with E-state index in [2.05, 4.69) is 24.1 Å². The highest BCUT2D eigenvalue weighted by atomic mass is 16.5. The normalized spacial score (nSPS) is 12.7. The van der Waals surface area contributed by atoms with Gasteiger partial charge in [-0.2, -0.15) is 5.11 Å². The number of esters is 1. The number of ether oxygens (including phenoxy) is 1. The highest BCUT2D eigenvalue weighted by Gasteiger charge is 2.13. The van der Waals surface area contributed by atoms with Gasteiger partial charge in [-0.3, -0.25) is 0 Å². The van der Waals surface area contributed by atoms with Crippen LogP contribution >= 0.6 is 0 Å². The number of hydrogen-bond acceptors (Lipinski definition) is 5. The van der Waals surface area contributed by atoms with E-state index in [1.54, 1.807) is 6.92 Å². The van der Waals surface area contributed by atoms with Gasteiger partial charge in [0.05, 0.1) is 12.3 Å². The summed E-state index contributed by atoms with van der Waals surface area (Å²) in [6, 6.07) is 7.54. The van der Waals surface area contributed by atoms with Crippen LogP contribution in [0.5, 0.6) is 0 Å². The molecule has 0 aromatic heterocycles. The van der Waals surface area contributed by atoms with Crippen molar-refractivity contribution in [1.82, 2.24) is 0 Å². The number of rotatable bonds is 5. The lowest BCUT2D eigenvalue weighted by Crippen LogP contribution is -2.07. The number of azo groups is 1. The molecule has 0 bridgehead atoms. The van der Waals surface area contributed by atoms with Crippen LogP contribution in [0, 0.1) is 0 Å². The summed E-state index contributed by atoms with van der Waals surface area (Å²) in [4.78, 5) is 11.6. The van der Waals surface area contributed by atoms with Crippen LogP contribution in [0.25, 0.3) is 0 Å². The number of aliphatic hydroxyl groups is 1. The van der Waals surface area contributed by atoms with Gasteiger partial charge in [0.15, 0.2) is 0 Å². The van der Waals surface area contributed by atoms with E-state index in [4.69, 9.17) is 4.74 Å². The highest BCUT2D eigenvalue weighted by molar-refractivity contribution is 5.88. The molecule has 0 fully saturated rings. The monoisotopic (exact) mass is 276 g/mol. The molecule has 0 atom stereocenters. The fraction of sp³-hybridized carbons (Fsp3) is 0.400. The minimum Gasteiger partial charge on any atom is -0.510 e. The Balaban J connectivity index is 2.89. The fourth-order valence-corrected chi connectivity index (χ4v) is 1.49. The summed E-state index contributed by atoms with van der Waals surface area (Å²) < 4.78 is 4.79. The zero-order valence-corrected chi connectivity index (χ0v) is 12.3. The third kappa shape index (κ3) is 4.50. The minimum absolute atomic E-state index is 0.181. The molecule has 1 aromatic carbocycles. The smallest absolute Gasteiger partial charge is 0.362 e. The molecule has 5 heteroatoms. The van der Waals surface area contributed by atoms with Crippen LogP contribution in [-0.2, 0) is 9.53 Å². The number of carbonyl (C=O) groups excluding carboxylic acids is 1. The lowest BCUT2D eigenvalue weighted by atomic mass is 10.0. The lowest BCUT2D eigenvalue weighted by molar-refractivity contribution is -0.138. The number of nitrogens with zero attached hydrogens (tertiary/aromatic N) is 2. The highest BCUT2D eigenvalue weighted by Crippen LogP contribution is 2.20. The minimum atomic E-state index is -0.685.